The largest absolute Gasteiger partial charge is 0.507 e. The summed E-state index contributed by atoms with van der Waals surface area (Å²) in [5.74, 6) is -1.24. The summed E-state index contributed by atoms with van der Waals surface area (Å²) in [7, 11) is 1.41. The van der Waals surface area contributed by atoms with Gasteiger partial charge in [-0.15, -0.1) is 0 Å². The lowest BCUT2D eigenvalue weighted by Crippen LogP contribution is -2.21. The van der Waals surface area contributed by atoms with Gasteiger partial charge in [0.25, 0.3) is 0 Å². The first-order valence-electron chi connectivity index (χ1n) is 9.04. The summed E-state index contributed by atoms with van der Waals surface area (Å²) in [6, 6.07) is 12.4. The van der Waals surface area contributed by atoms with Crippen LogP contribution in [-0.4, -0.2) is 23.2 Å². The Kier molecular flexibility index (Phi) is 6.32. The van der Waals surface area contributed by atoms with Gasteiger partial charge in [-0.1, -0.05) is 17.7 Å². The maximum atomic E-state index is 12.7. The Hall–Kier alpha value is -3.45. The Balaban J connectivity index is 1.99. The minimum Gasteiger partial charge on any atom is -0.507 e. The Bertz CT molecular complexity index is 1120. The number of carbonyl (C=O) groups is 1. The molecule has 1 amide bonds. The second-order valence-corrected chi connectivity index (χ2v) is 7.12. The highest BCUT2D eigenvalue weighted by atomic mass is 35.5. The molecule has 0 radical (unpaired) electrons. The normalized spacial score (nSPS) is 11.7. The van der Waals surface area contributed by atoms with E-state index in [4.69, 9.17) is 20.8 Å². The number of carbonyl (C=O) groups excluding carboxylic acids is 1. The molecule has 30 heavy (non-hydrogen) atoms. The van der Waals surface area contributed by atoms with E-state index < -0.39 is 17.5 Å². The van der Waals surface area contributed by atoms with Crippen LogP contribution in [0, 0.1) is 6.92 Å². The van der Waals surface area contributed by atoms with Crippen LogP contribution in [-0.2, 0) is 4.79 Å². The SMILES string of the molecule is COc1ccc([C@H](CC(=O)Nc2ccc(Cl)cc2)c2c(O)cc(C)oc2=O)cc1O. The van der Waals surface area contributed by atoms with Crippen LogP contribution in [0.2, 0.25) is 5.02 Å². The number of methoxy groups -OCH3 is 1. The van der Waals surface area contributed by atoms with E-state index in [2.05, 4.69) is 5.32 Å². The molecule has 2 aromatic carbocycles. The van der Waals surface area contributed by atoms with Crippen molar-refractivity contribution in [2.45, 2.75) is 19.3 Å². The van der Waals surface area contributed by atoms with Crippen molar-refractivity contribution in [3.63, 3.8) is 0 Å². The topological polar surface area (TPSA) is 109 Å². The first kappa shape index (κ1) is 21.3. The predicted molar refractivity (Wildman–Crippen MR) is 113 cm³/mol. The highest BCUT2D eigenvalue weighted by molar-refractivity contribution is 6.30. The number of benzene rings is 2. The molecule has 0 bridgehead atoms. The smallest absolute Gasteiger partial charge is 0.343 e. The number of phenols is 1. The molecule has 0 aliphatic rings. The van der Waals surface area contributed by atoms with Crippen molar-refractivity contribution in [1.29, 1.82) is 0 Å². The summed E-state index contributed by atoms with van der Waals surface area (Å²) in [6.07, 6.45) is -0.185. The zero-order chi connectivity index (χ0) is 21.8. The number of hydrogen-bond acceptors (Lipinski definition) is 6. The molecule has 1 aromatic heterocycles. The number of ether oxygens (including phenoxy) is 1. The number of halogens is 1. The van der Waals surface area contributed by atoms with Gasteiger partial charge in [0.05, 0.1) is 12.7 Å². The molecule has 0 unspecified atom stereocenters. The third kappa shape index (κ3) is 4.75. The Morgan fingerprint density at radius 1 is 1.13 bits per heavy atom. The van der Waals surface area contributed by atoms with E-state index in [1.165, 1.54) is 32.2 Å². The van der Waals surface area contributed by atoms with Crippen LogP contribution in [0.25, 0.3) is 0 Å². The Morgan fingerprint density at radius 3 is 2.43 bits per heavy atom. The fourth-order valence-electron chi connectivity index (χ4n) is 3.17. The minimum atomic E-state index is -0.869. The van der Waals surface area contributed by atoms with Gasteiger partial charge in [0.1, 0.15) is 11.5 Å². The summed E-state index contributed by atoms with van der Waals surface area (Å²) in [5, 5.41) is 23.8. The molecule has 0 saturated heterocycles. The summed E-state index contributed by atoms with van der Waals surface area (Å²) in [6.45, 7) is 1.53. The maximum absolute atomic E-state index is 12.7. The van der Waals surface area contributed by atoms with Gasteiger partial charge in [0.15, 0.2) is 11.5 Å². The fourth-order valence-corrected chi connectivity index (χ4v) is 3.29. The molecule has 156 valence electrons. The molecule has 7 nitrogen and oxygen atoms in total. The van der Waals surface area contributed by atoms with Crippen LogP contribution >= 0.6 is 11.6 Å². The third-order valence-electron chi connectivity index (χ3n) is 4.56. The highest BCUT2D eigenvalue weighted by Gasteiger charge is 2.26. The van der Waals surface area contributed by atoms with E-state index in [9.17, 15) is 19.8 Å². The Labute approximate surface area is 177 Å². The van der Waals surface area contributed by atoms with Crippen LogP contribution in [0.5, 0.6) is 17.2 Å². The summed E-state index contributed by atoms with van der Waals surface area (Å²) >= 11 is 5.86. The number of aryl methyl sites for hydroxylation is 1. The highest BCUT2D eigenvalue weighted by Crippen LogP contribution is 2.36. The van der Waals surface area contributed by atoms with Gasteiger partial charge >= 0.3 is 5.63 Å². The zero-order valence-corrected chi connectivity index (χ0v) is 17.1. The number of anilines is 1. The van der Waals surface area contributed by atoms with Gasteiger partial charge in [0, 0.05) is 29.1 Å². The first-order chi connectivity index (χ1) is 14.3. The van der Waals surface area contributed by atoms with Gasteiger partial charge in [-0.3, -0.25) is 4.79 Å². The number of amides is 1. The molecule has 0 saturated carbocycles. The fraction of sp³-hybridized carbons (Fsp3) is 0.182. The van der Waals surface area contributed by atoms with Crippen LogP contribution < -0.4 is 15.7 Å². The van der Waals surface area contributed by atoms with Gasteiger partial charge in [0.2, 0.25) is 5.91 Å². The average Bonchev–Trinajstić information content (AvgIpc) is 2.68. The number of hydrogen-bond donors (Lipinski definition) is 3. The van der Waals surface area contributed by atoms with Crippen LogP contribution in [0.4, 0.5) is 5.69 Å². The molecule has 0 spiro atoms. The number of rotatable bonds is 6. The quantitative estimate of drug-likeness (QED) is 0.542. The van der Waals surface area contributed by atoms with Gasteiger partial charge in [-0.2, -0.15) is 0 Å². The van der Waals surface area contributed by atoms with Crippen LogP contribution in [0.1, 0.15) is 29.2 Å². The molecule has 1 heterocycles. The molecule has 8 heteroatoms. The lowest BCUT2D eigenvalue weighted by molar-refractivity contribution is -0.116. The van der Waals surface area contributed by atoms with Crippen LogP contribution in [0.3, 0.4) is 0 Å². The second kappa shape index (κ2) is 8.92. The molecular weight excluding hydrogens is 410 g/mol. The van der Waals surface area contributed by atoms with Crippen molar-refractivity contribution in [2.24, 2.45) is 0 Å². The van der Waals surface area contributed by atoms with Crippen LogP contribution in [0.15, 0.2) is 57.7 Å². The average molecular weight is 430 g/mol. The number of aromatic hydroxyl groups is 2. The molecule has 3 aromatic rings. The molecule has 0 aliphatic carbocycles. The molecular formula is C22H20ClNO6. The molecule has 1 atom stereocenters. The minimum absolute atomic E-state index is 0.0728. The third-order valence-corrected chi connectivity index (χ3v) is 4.81. The van der Waals surface area contributed by atoms with Crippen molar-refractivity contribution in [3.8, 4) is 17.2 Å². The van der Waals surface area contributed by atoms with E-state index in [0.29, 0.717) is 16.3 Å². The van der Waals surface area contributed by atoms with Crippen molar-refractivity contribution in [3.05, 3.63) is 80.9 Å². The van der Waals surface area contributed by atoms with Crippen molar-refractivity contribution in [1.82, 2.24) is 0 Å². The molecule has 3 N–H and O–H groups in total. The lowest BCUT2D eigenvalue weighted by atomic mass is 9.88. The van der Waals surface area contributed by atoms with Gasteiger partial charge in [-0.05, 0) is 48.9 Å². The van der Waals surface area contributed by atoms with Gasteiger partial charge < -0.3 is 24.7 Å². The van der Waals surface area contributed by atoms with E-state index in [1.807, 2.05) is 0 Å². The number of nitrogens with one attached hydrogen (secondary N) is 1. The standard InChI is InChI=1S/C22H20ClNO6/c1-12-9-18(26)21(22(28)30-12)16(13-3-8-19(29-2)17(25)10-13)11-20(27)24-15-6-4-14(23)5-7-15/h3-10,16,25-26H,11H2,1-2H3,(H,24,27)/t16-/m0/s1. The first-order valence-corrected chi connectivity index (χ1v) is 9.42. The second-order valence-electron chi connectivity index (χ2n) is 6.69. The molecule has 3 rings (SSSR count). The summed E-state index contributed by atoms with van der Waals surface area (Å²) in [4.78, 5) is 25.2. The number of phenolic OH excluding ortho intramolecular Hbond substituents is 1. The van der Waals surface area contributed by atoms with E-state index >= 15 is 0 Å². The molecule has 0 aliphatic heterocycles. The summed E-state index contributed by atoms with van der Waals surface area (Å²) < 4.78 is 10.2. The lowest BCUT2D eigenvalue weighted by Gasteiger charge is -2.19. The van der Waals surface area contributed by atoms with Crippen molar-refractivity contribution in [2.75, 3.05) is 12.4 Å². The summed E-state index contributed by atoms with van der Waals surface area (Å²) in [5.41, 5.74) is 0.135. The zero-order valence-electron chi connectivity index (χ0n) is 16.3. The van der Waals surface area contributed by atoms with Crippen molar-refractivity contribution < 1.29 is 24.2 Å². The van der Waals surface area contributed by atoms with E-state index in [-0.39, 0.29) is 35.0 Å². The van der Waals surface area contributed by atoms with Crippen molar-refractivity contribution >= 4 is 23.2 Å². The van der Waals surface area contributed by atoms with Gasteiger partial charge in [-0.25, -0.2) is 4.79 Å². The van der Waals surface area contributed by atoms with E-state index in [0.717, 1.165) is 0 Å². The predicted octanol–water partition coefficient (Wildman–Crippen LogP) is 4.18. The molecule has 0 fully saturated rings. The monoisotopic (exact) mass is 429 g/mol. The van der Waals surface area contributed by atoms with E-state index in [1.54, 1.807) is 30.3 Å². The maximum Gasteiger partial charge on any atom is 0.343 e. The Morgan fingerprint density at radius 2 is 1.83 bits per heavy atom.